The number of nitrogens with zero attached hydrogens (tertiary/aromatic N) is 3. The third-order valence-electron chi connectivity index (χ3n) is 3.23. The normalized spacial score (nSPS) is 10.7. The quantitative estimate of drug-likeness (QED) is 0.786. The number of aromatic nitrogens is 3. The summed E-state index contributed by atoms with van der Waals surface area (Å²) in [6.07, 6.45) is 0. The Labute approximate surface area is 140 Å². The summed E-state index contributed by atoms with van der Waals surface area (Å²) in [5, 5.41) is 9.73. The number of carbonyl (C=O) groups excluding carboxylic acids is 1. The van der Waals surface area contributed by atoms with Gasteiger partial charge in [-0.3, -0.25) is 9.59 Å². The molecule has 8 heteroatoms. The molecule has 0 bridgehead atoms. The number of thiophene rings is 1. The number of amides is 1. The van der Waals surface area contributed by atoms with Crippen LogP contribution in [0.3, 0.4) is 0 Å². The van der Waals surface area contributed by atoms with Crippen molar-refractivity contribution in [3.63, 3.8) is 0 Å². The first-order valence-electron chi connectivity index (χ1n) is 6.87. The summed E-state index contributed by atoms with van der Waals surface area (Å²) in [7, 11) is 1.51. The van der Waals surface area contributed by atoms with Crippen molar-refractivity contribution in [2.45, 2.75) is 13.5 Å². The Morgan fingerprint density at radius 2 is 2.17 bits per heavy atom. The third kappa shape index (κ3) is 3.38. The van der Waals surface area contributed by atoms with Gasteiger partial charge in [0, 0.05) is 18.0 Å². The number of hydrogen-bond acceptors (Lipinski definition) is 6. The molecule has 1 N–H and O–H groups in total. The zero-order chi connectivity index (χ0) is 16.4. The van der Waals surface area contributed by atoms with Gasteiger partial charge >= 0.3 is 0 Å². The van der Waals surface area contributed by atoms with Crippen molar-refractivity contribution in [2.75, 3.05) is 0 Å². The van der Waals surface area contributed by atoms with Crippen molar-refractivity contribution < 1.29 is 4.79 Å². The minimum atomic E-state index is -0.314. The molecule has 3 aromatic heterocycles. The van der Waals surface area contributed by atoms with Crippen LogP contribution < -0.4 is 10.9 Å². The summed E-state index contributed by atoms with van der Waals surface area (Å²) in [4.78, 5) is 30.1. The summed E-state index contributed by atoms with van der Waals surface area (Å²) < 4.78 is 1.14. The number of rotatable bonds is 4. The average Bonchev–Trinajstić information content (AvgIpc) is 3.17. The maximum atomic E-state index is 12.1. The summed E-state index contributed by atoms with van der Waals surface area (Å²) >= 11 is 3.21. The number of aryl methyl sites for hydroxylation is 2. The molecule has 1 amide bonds. The van der Waals surface area contributed by atoms with Crippen LogP contribution in [0.15, 0.2) is 34.4 Å². The molecule has 0 atom stereocenters. The molecule has 3 rings (SSSR count). The smallest absolute Gasteiger partial charge is 0.272 e. The highest BCUT2D eigenvalue weighted by Crippen LogP contribution is 2.30. The van der Waals surface area contributed by atoms with Gasteiger partial charge in [0.15, 0.2) is 0 Å². The van der Waals surface area contributed by atoms with Crippen LogP contribution in [0.1, 0.15) is 21.1 Å². The number of nitrogens with one attached hydrogen (secondary N) is 1. The fraction of sp³-hybridized carbons (Fsp3) is 0.200. The predicted molar refractivity (Wildman–Crippen MR) is 90.8 cm³/mol. The van der Waals surface area contributed by atoms with Crippen LogP contribution in [-0.2, 0) is 13.6 Å². The second-order valence-corrected chi connectivity index (χ2v) is 6.90. The Bertz CT molecular complexity index is 897. The van der Waals surface area contributed by atoms with Crippen LogP contribution in [0.5, 0.6) is 0 Å². The molecule has 0 aliphatic rings. The lowest BCUT2D eigenvalue weighted by Gasteiger charge is -2.04. The molecular formula is C15H14N4O2S2. The van der Waals surface area contributed by atoms with Crippen LogP contribution in [0.25, 0.3) is 9.88 Å². The van der Waals surface area contributed by atoms with Crippen molar-refractivity contribution in [3.8, 4) is 9.88 Å². The monoisotopic (exact) mass is 346 g/mol. The molecule has 23 heavy (non-hydrogen) atoms. The summed E-state index contributed by atoms with van der Waals surface area (Å²) in [5.74, 6) is -0.314. The second-order valence-electron chi connectivity index (χ2n) is 4.87. The molecule has 0 fully saturated rings. The Morgan fingerprint density at radius 1 is 1.35 bits per heavy atom. The molecule has 0 saturated carbocycles. The van der Waals surface area contributed by atoms with E-state index in [2.05, 4.69) is 15.4 Å². The highest BCUT2D eigenvalue weighted by Gasteiger charge is 2.13. The van der Waals surface area contributed by atoms with E-state index in [9.17, 15) is 9.59 Å². The molecule has 0 aliphatic carbocycles. The Balaban J connectivity index is 1.72. The van der Waals surface area contributed by atoms with E-state index in [1.807, 2.05) is 24.4 Å². The van der Waals surface area contributed by atoms with Crippen molar-refractivity contribution in [2.24, 2.45) is 7.05 Å². The van der Waals surface area contributed by atoms with Crippen LogP contribution in [0, 0.1) is 6.92 Å². The highest BCUT2D eigenvalue weighted by molar-refractivity contribution is 7.21. The minimum absolute atomic E-state index is 0.216. The topological polar surface area (TPSA) is 76.9 Å². The largest absolute Gasteiger partial charge is 0.346 e. The molecule has 3 heterocycles. The van der Waals surface area contributed by atoms with E-state index in [0.717, 1.165) is 25.1 Å². The van der Waals surface area contributed by atoms with Gasteiger partial charge in [0.25, 0.3) is 11.5 Å². The maximum absolute atomic E-state index is 12.1. The minimum Gasteiger partial charge on any atom is -0.346 e. The van der Waals surface area contributed by atoms with Gasteiger partial charge in [-0.1, -0.05) is 6.07 Å². The van der Waals surface area contributed by atoms with Gasteiger partial charge in [0.2, 0.25) is 0 Å². The molecule has 0 spiro atoms. The molecule has 0 unspecified atom stereocenters. The Hall–Kier alpha value is -2.32. The maximum Gasteiger partial charge on any atom is 0.272 e. The first-order valence-corrected chi connectivity index (χ1v) is 8.57. The fourth-order valence-electron chi connectivity index (χ4n) is 1.97. The van der Waals surface area contributed by atoms with E-state index in [4.69, 9.17) is 0 Å². The van der Waals surface area contributed by atoms with Crippen LogP contribution >= 0.6 is 22.7 Å². The van der Waals surface area contributed by atoms with E-state index >= 15 is 0 Å². The van der Waals surface area contributed by atoms with Gasteiger partial charge in [-0.05, 0) is 24.4 Å². The average molecular weight is 346 g/mol. The van der Waals surface area contributed by atoms with Gasteiger partial charge < -0.3 is 5.32 Å². The van der Waals surface area contributed by atoms with Crippen LogP contribution in [0.2, 0.25) is 0 Å². The third-order valence-corrected chi connectivity index (χ3v) is 5.42. The van der Waals surface area contributed by atoms with Gasteiger partial charge in [-0.25, -0.2) is 9.67 Å². The van der Waals surface area contributed by atoms with Crippen LogP contribution in [0.4, 0.5) is 0 Å². The summed E-state index contributed by atoms with van der Waals surface area (Å²) in [6.45, 7) is 2.32. The van der Waals surface area contributed by atoms with E-state index in [1.165, 1.54) is 19.2 Å². The lowest BCUT2D eigenvalue weighted by Crippen LogP contribution is -2.28. The second kappa shape index (κ2) is 6.43. The molecular weight excluding hydrogens is 332 g/mol. The molecule has 6 nitrogen and oxygen atoms in total. The van der Waals surface area contributed by atoms with E-state index < -0.39 is 0 Å². The van der Waals surface area contributed by atoms with E-state index in [-0.39, 0.29) is 17.2 Å². The molecule has 118 valence electrons. The molecule has 3 aromatic rings. The lowest BCUT2D eigenvalue weighted by molar-refractivity contribution is 0.0944. The van der Waals surface area contributed by atoms with Gasteiger partial charge in [-0.2, -0.15) is 5.10 Å². The number of carbonyl (C=O) groups is 1. The van der Waals surface area contributed by atoms with Crippen molar-refractivity contribution in [3.05, 3.63) is 56.3 Å². The van der Waals surface area contributed by atoms with E-state index in [1.54, 1.807) is 22.7 Å². The van der Waals surface area contributed by atoms with E-state index in [0.29, 0.717) is 6.54 Å². The molecule has 0 saturated heterocycles. The summed E-state index contributed by atoms with van der Waals surface area (Å²) in [5.41, 5.74) is 0.875. The highest BCUT2D eigenvalue weighted by atomic mass is 32.1. The van der Waals surface area contributed by atoms with Crippen molar-refractivity contribution in [1.29, 1.82) is 0 Å². The summed E-state index contributed by atoms with van der Waals surface area (Å²) in [6, 6.07) is 6.77. The zero-order valence-electron chi connectivity index (χ0n) is 12.6. The van der Waals surface area contributed by atoms with Crippen LogP contribution in [-0.4, -0.2) is 20.7 Å². The molecule has 0 aliphatic heterocycles. The Kier molecular flexibility index (Phi) is 4.35. The van der Waals surface area contributed by atoms with Gasteiger partial charge in [-0.15, -0.1) is 22.7 Å². The Morgan fingerprint density at radius 3 is 2.87 bits per heavy atom. The fourth-order valence-corrected chi connectivity index (χ4v) is 3.77. The zero-order valence-corrected chi connectivity index (χ0v) is 14.2. The SMILES string of the molecule is Cc1nc(-c2cccs2)sc1CNC(=O)c1ccc(=O)n(C)n1. The van der Waals surface area contributed by atoms with Gasteiger partial charge in [0.1, 0.15) is 10.7 Å². The lowest BCUT2D eigenvalue weighted by atomic mass is 10.3. The first kappa shape index (κ1) is 15.6. The first-order chi connectivity index (χ1) is 11.0. The number of hydrogen-bond donors (Lipinski definition) is 1. The molecule has 0 aromatic carbocycles. The van der Waals surface area contributed by atoms with Crippen molar-refractivity contribution >= 4 is 28.6 Å². The standard InChI is InChI=1S/C15H14N4O2S2/c1-9-12(23-15(17-9)11-4-3-7-22-11)8-16-14(21)10-5-6-13(20)19(2)18-10/h3-7H,8H2,1-2H3,(H,16,21). The van der Waals surface area contributed by atoms with Gasteiger partial charge in [0.05, 0.1) is 17.1 Å². The van der Waals surface area contributed by atoms with Crippen molar-refractivity contribution in [1.82, 2.24) is 20.1 Å². The number of thiazole rings is 1. The molecule has 0 radical (unpaired) electrons. The predicted octanol–water partition coefficient (Wildman–Crippen LogP) is 2.20.